The summed E-state index contributed by atoms with van der Waals surface area (Å²) >= 11 is 1.42. The van der Waals surface area contributed by atoms with Crippen LogP contribution >= 0.6 is 11.3 Å². The lowest BCUT2D eigenvalue weighted by Gasteiger charge is -2.31. The average molecular weight is 438 g/mol. The van der Waals surface area contributed by atoms with E-state index >= 15 is 0 Å². The van der Waals surface area contributed by atoms with Crippen LogP contribution in [-0.2, 0) is 9.59 Å². The van der Waals surface area contributed by atoms with Gasteiger partial charge in [-0.25, -0.2) is 4.68 Å². The molecule has 0 atom stereocenters. The van der Waals surface area contributed by atoms with Gasteiger partial charge in [-0.15, -0.1) is 11.3 Å². The second-order valence-electron chi connectivity index (χ2n) is 7.31. The van der Waals surface area contributed by atoms with Crippen LogP contribution < -0.4 is 10.6 Å². The Morgan fingerprint density at radius 2 is 1.84 bits per heavy atom. The van der Waals surface area contributed by atoms with Crippen LogP contribution in [0.15, 0.2) is 60.2 Å². The van der Waals surface area contributed by atoms with Crippen molar-refractivity contribution in [2.24, 2.45) is 5.92 Å². The molecule has 0 bridgehead atoms. The number of amides is 3. The van der Waals surface area contributed by atoms with Gasteiger partial charge in [0, 0.05) is 37.1 Å². The van der Waals surface area contributed by atoms with Gasteiger partial charge in [-0.3, -0.25) is 14.4 Å². The van der Waals surface area contributed by atoms with E-state index in [0.29, 0.717) is 31.6 Å². The largest absolute Gasteiger partial charge is 0.347 e. The lowest BCUT2D eigenvalue weighted by molar-refractivity contribution is -0.128. The van der Waals surface area contributed by atoms with Gasteiger partial charge in [0.1, 0.15) is 0 Å². The van der Waals surface area contributed by atoms with E-state index in [0.717, 1.165) is 10.6 Å². The maximum absolute atomic E-state index is 12.4. The molecule has 1 aromatic carbocycles. The van der Waals surface area contributed by atoms with Gasteiger partial charge < -0.3 is 15.5 Å². The highest BCUT2D eigenvalue weighted by atomic mass is 32.1. The molecule has 0 spiro atoms. The smallest absolute Gasteiger partial charge is 0.263 e. The zero-order chi connectivity index (χ0) is 21.6. The van der Waals surface area contributed by atoms with Crippen molar-refractivity contribution < 1.29 is 14.4 Å². The Morgan fingerprint density at radius 3 is 2.48 bits per heavy atom. The quantitative estimate of drug-likeness (QED) is 0.619. The van der Waals surface area contributed by atoms with E-state index in [1.807, 2.05) is 41.9 Å². The van der Waals surface area contributed by atoms with Gasteiger partial charge in [0.2, 0.25) is 11.8 Å². The molecule has 3 heterocycles. The number of rotatable bonds is 6. The molecule has 1 aliphatic rings. The van der Waals surface area contributed by atoms with Gasteiger partial charge in [0.25, 0.3) is 5.91 Å². The molecule has 1 saturated heterocycles. The fraction of sp³-hybridized carbons (Fsp3) is 0.273. The monoisotopic (exact) mass is 437 g/mol. The number of benzene rings is 1. The molecule has 2 aromatic heterocycles. The first-order valence-corrected chi connectivity index (χ1v) is 11.0. The highest BCUT2D eigenvalue weighted by Crippen LogP contribution is 2.21. The van der Waals surface area contributed by atoms with Gasteiger partial charge in [-0.05, 0) is 54.6 Å². The lowest BCUT2D eigenvalue weighted by atomic mass is 9.96. The minimum absolute atomic E-state index is 0.0202. The van der Waals surface area contributed by atoms with Crippen molar-refractivity contribution >= 4 is 34.7 Å². The van der Waals surface area contributed by atoms with E-state index < -0.39 is 0 Å². The number of carbonyl (C=O) groups is 3. The molecule has 1 fully saturated rings. The minimum atomic E-state index is -0.287. The zero-order valence-electron chi connectivity index (χ0n) is 16.9. The third-order valence-electron chi connectivity index (χ3n) is 5.23. The summed E-state index contributed by atoms with van der Waals surface area (Å²) in [6.07, 6.45) is 4.73. The van der Waals surface area contributed by atoms with Crippen molar-refractivity contribution in [2.75, 3.05) is 25.0 Å². The molecular weight excluding hydrogens is 414 g/mol. The van der Waals surface area contributed by atoms with Gasteiger partial charge in [-0.2, -0.15) is 5.10 Å². The minimum Gasteiger partial charge on any atom is -0.347 e. The summed E-state index contributed by atoms with van der Waals surface area (Å²) < 4.78 is 1.73. The van der Waals surface area contributed by atoms with Crippen LogP contribution in [0, 0.1) is 5.92 Å². The molecule has 0 aliphatic carbocycles. The maximum atomic E-state index is 12.4. The molecule has 0 saturated carbocycles. The summed E-state index contributed by atoms with van der Waals surface area (Å²) in [5, 5.41) is 11.5. The SMILES string of the molecule is O=C(CNC(=O)C1CCN(C(=O)c2cccs2)CC1)Nc1ccc(-n2cccn2)cc1. The van der Waals surface area contributed by atoms with Crippen molar-refractivity contribution in [1.82, 2.24) is 20.0 Å². The van der Waals surface area contributed by atoms with Crippen molar-refractivity contribution in [3.8, 4) is 5.69 Å². The number of thiophene rings is 1. The molecule has 0 unspecified atom stereocenters. The Balaban J connectivity index is 1.20. The second-order valence-corrected chi connectivity index (χ2v) is 8.25. The van der Waals surface area contributed by atoms with Crippen molar-refractivity contribution in [2.45, 2.75) is 12.8 Å². The summed E-state index contributed by atoms with van der Waals surface area (Å²) in [5.74, 6) is -0.599. The molecule has 3 aromatic rings. The first-order valence-electron chi connectivity index (χ1n) is 10.1. The summed E-state index contributed by atoms with van der Waals surface area (Å²) in [7, 11) is 0. The normalized spacial score (nSPS) is 14.3. The predicted octanol–water partition coefficient (Wildman–Crippen LogP) is 2.54. The zero-order valence-corrected chi connectivity index (χ0v) is 17.7. The number of hydrogen-bond donors (Lipinski definition) is 2. The second kappa shape index (κ2) is 9.57. The number of likely N-dealkylation sites (tertiary alicyclic amines) is 1. The molecule has 2 N–H and O–H groups in total. The molecule has 160 valence electrons. The van der Waals surface area contributed by atoms with Crippen LogP contribution in [-0.4, -0.2) is 52.0 Å². The average Bonchev–Trinajstić information content (AvgIpc) is 3.52. The van der Waals surface area contributed by atoms with Crippen LogP contribution in [0.1, 0.15) is 22.5 Å². The van der Waals surface area contributed by atoms with Gasteiger partial charge in [0.05, 0.1) is 17.1 Å². The summed E-state index contributed by atoms with van der Waals surface area (Å²) in [5.41, 5.74) is 1.54. The molecule has 3 amide bonds. The Kier molecular flexibility index (Phi) is 6.42. The third-order valence-corrected chi connectivity index (χ3v) is 6.09. The Hall–Kier alpha value is -3.46. The molecule has 4 rings (SSSR count). The number of nitrogens with one attached hydrogen (secondary N) is 2. The summed E-state index contributed by atoms with van der Waals surface area (Å²) in [4.78, 5) is 39.5. The Bertz CT molecular complexity index is 1020. The van der Waals surface area contributed by atoms with E-state index in [9.17, 15) is 14.4 Å². The summed E-state index contributed by atoms with van der Waals surface area (Å²) in [6, 6.07) is 12.8. The lowest BCUT2D eigenvalue weighted by Crippen LogP contribution is -2.44. The van der Waals surface area contributed by atoms with E-state index in [1.165, 1.54) is 11.3 Å². The number of hydrogen-bond acceptors (Lipinski definition) is 5. The number of nitrogens with zero attached hydrogens (tertiary/aromatic N) is 3. The predicted molar refractivity (Wildman–Crippen MR) is 118 cm³/mol. The maximum Gasteiger partial charge on any atom is 0.263 e. The van der Waals surface area contributed by atoms with E-state index in [2.05, 4.69) is 15.7 Å². The fourth-order valence-electron chi connectivity index (χ4n) is 3.54. The van der Waals surface area contributed by atoms with E-state index in [4.69, 9.17) is 0 Å². The Morgan fingerprint density at radius 1 is 1.06 bits per heavy atom. The van der Waals surface area contributed by atoms with Gasteiger partial charge in [0.15, 0.2) is 0 Å². The van der Waals surface area contributed by atoms with Crippen molar-refractivity contribution in [3.63, 3.8) is 0 Å². The van der Waals surface area contributed by atoms with Crippen LogP contribution in [0.5, 0.6) is 0 Å². The molecule has 0 radical (unpaired) electrons. The van der Waals surface area contributed by atoms with Crippen molar-refractivity contribution in [3.05, 3.63) is 65.1 Å². The first kappa shape index (κ1) is 20.8. The van der Waals surface area contributed by atoms with Crippen LogP contribution in [0.3, 0.4) is 0 Å². The highest BCUT2D eigenvalue weighted by molar-refractivity contribution is 7.12. The van der Waals surface area contributed by atoms with Crippen molar-refractivity contribution in [1.29, 1.82) is 0 Å². The molecule has 31 heavy (non-hydrogen) atoms. The number of piperidine rings is 1. The van der Waals surface area contributed by atoms with Crippen LogP contribution in [0.25, 0.3) is 5.69 Å². The molecule has 1 aliphatic heterocycles. The third kappa shape index (κ3) is 5.18. The number of carbonyl (C=O) groups excluding carboxylic acids is 3. The molecule has 8 nitrogen and oxygen atoms in total. The van der Waals surface area contributed by atoms with E-state index in [-0.39, 0.29) is 30.2 Å². The Labute approximate surface area is 183 Å². The van der Waals surface area contributed by atoms with Crippen LogP contribution in [0.2, 0.25) is 0 Å². The first-order chi connectivity index (χ1) is 15.1. The standard InChI is InChI=1S/C22H23N5O3S/c28-20(25-17-4-6-18(7-5-17)27-11-2-10-24-27)15-23-21(29)16-8-12-26(13-9-16)22(30)19-3-1-14-31-19/h1-7,10-11,14,16H,8-9,12-13,15H2,(H,23,29)(H,25,28). The summed E-state index contributed by atoms with van der Waals surface area (Å²) in [6.45, 7) is 1.00. The van der Waals surface area contributed by atoms with Gasteiger partial charge >= 0.3 is 0 Å². The van der Waals surface area contributed by atoms with Crippen LogP contribution in [0.4, 0.5) is 5.69 Å². The number of aromatic nitrogens is 2. The highest BCUT2D eigenvalue weighted by Gasteiger charge is 2.28. The topological polar surface area (TPSA) is 96.3 Å². The fourth-order valence-corrected chi connectivity index (χ4v) is 4.23. The number of anilines is 1. The molecular formula is C22H23N5O3S. The molecule has 9 heteroatoms. The van der Waals surface area contributed by atoms with Gasteiger partial charge in [-0.1, -0.05) is 6.07 Å². The van der Waals surface area contributed by atoms with E-state index in [1.54, 1.807) is 27.9 Å².